The van der Waals surface area contributed by atoms with Crippen LogP contribution in [0.2, 0.25) is 0 Å². The van der Waals surface area contributed by atoms with Gasteiger partial charge >= 0.3 is 0 Å². The zero-order chi connectivity index (χ0) is 13.3. The molecule has 1 heterocycles. The number of nitro groups is 1. The van der Waals surface area contributed by atoms with Gasteiger partial charge in [0.1, 0.15) is 11.3 Å². The van der Waals surface area contributed by atoms with Crippen molar-refractivity contribution in [2.24, 2.45) is 0 Å². The van der Waals surface area contributed by atoms with E-state index in [0.717, 1.165) is 18.2 Å². The lowest BCUT2D eigenvalue weighted by molar-refractivity contribution is -0.385. The Morgan fingerprint density at radius 2 is 2.22 bits per heavy atom. The molecule has 7 heteroatoms. The average Bonchev–Trinajstić information content (AvgIpc) is 2.74. The van der Waals surface area contributed by atoms with E-state index >= 15 is 0 Å². The molecule has 7 nitrogen and oxygen atoms in total. The van der Waals surface area contributed by atoms with Gasteiger partial charge in [0.2, 0.25) is 0 Å². The summed E-state index contributed by atoms with van der Waals surface area (Å²) in [5.74, 6) is -0.752. The molecule has 1 atom stereocenters. The second-order valence-corrected chi connectivity index (χ2v) is 4.15. The van der Waals surface area contributed by atoms with Crippen LogP contribution in [-0.2, 0) is 0 Å². The number of amides is 1. The van der Waals surface area contributed by atoms with Gasteiger partial charge in [-0.15, -0.1) is 0 Å². The number of hydrogen-bond donors (Lipinski definition) is 2. The lowest BCUT2D eigenvalue weighted by atomic mass is 10.1. The van der Waals surface area contributed by atoms with E-state index in [1.807, 2.05) is 0 Å². The van der Waals surface area contributed by atoms with Crippen LogP contribution in [0.5, 0.6) is 5.75 Å². The summed E-state index contributed by atoms with van der Waals surface area (Å²) < 4.78 is 0. The molecule has 0 aliphatic carbocycles. The summed E-state index contributed by atoms with van der Waals surface area (Å²) in [7, 11) is 0. The van der Waals surface area contributed by atoms with Gasteiger partial charge in [-0.05, 0) is 18.6 Å². The Hall–Kier alpha value is -2.15. The molecule has 96 valence electrons. The fourth-order valence-electron chi connectivity index (χ4n) is 1.95. The highest BCUT2D eigenvalue weighted by atomic mass is 16.6. The van der Waals surface area contributed by atoms with Crippen LogP contribution < -0.4 is 0 Å². The highest BCUT2D eigenvalue weighted by Gasteiger charge is 2.30. The molecule has 1 saturated heterocycles. The molecule has 0 saturated carbocycles. The van der Waals surface area contributed by atoms with Crippen LogP contribution in [0.1, 0.15) is 16.8 Å². The molecule has 1 amide bonds. The number of aliphatic hydroxyl groups excluding tert-OH is 1. The highest BCUT2D eigenvalue weighted by Crippen LogP contribution is 2.25. The Morgan fingerprint density at radius 3 is 2.78 bits per heavy atom. The van der Waals surface area contributed by atoms with Crippen LogP contribution in [-0.4, -0.2) is 45.1 Å². The Morgan fingerprint density at radius 1 is 1.50 bits per heavy atom. The van der Waals surface area contributed by atoms with Crippen molar-refractivity contribution in [3.05, 3.63) is 33.9 Å². The third-order valence-electron chi connectivity index (χ3n) is 2.86. The number of nitrogens with zero attached hydrogens (tertiary/aromatic N) is 2. The molecule has 1 aromatic rings. The minimum Gasteiger partial charge on any atom is -0.508 e. The van der Waals surface area contributed by atoms with Crippen molar-refractivity contribution in [3.8, 4) is 5.75 Å². The third-order valence-corrected chi connectivity index (χ3v) is 2.86. The van der Waals surface area contributed by atoms with Crippen molar-refractivity contribution < 1.29 is 19.9 Å². The van der Waals surface area contributed by atoms with E-state index in [0.29, 0.717) is 13.0 Å². The van der Waals surface area contributed by atoms with Gasteiger partial charge in [0.15, 0.2) is 0 Å². The maximum Gasteiger partial charge on any atom is 0.282 e. The zero-order valence-corrected chi connectivity index (χ0v) is 9.44. The Bertz CT molecular complexity index is 502. The molecule has 18 heavy (non-hydrogen) atoms. The standard InChI is InChI=1S/C11H12N2O5/c14-7-1-2-10(13(17)18)9(5-7)11(16)12-4-3-8(15)6-12/h1-2,5,8,14-15H,3-4,6H2. The van der Waals surface area contributed by atoms with E-state index in [-0.39, 0.29) is 23.5 Å². The second kappa shape index (κ2) is 4.61. The van der Waals surface area contributed by atoms with Crippen molar-refractivity contribution in [1.82, 2.24) is 4.90 Å². The number of carbonyl (C=O) groups is 1. The lowest BCUT2D eigenvalue weighted by Gasteiger charge is -2.15. The highest BCUT2D eigenvalue weighted by molar-refractivity contribution is 5.98. The maximum absolute atomic E-state index is 12.1. The average molecular weight is 252 g/mol. The molecular weight excluding hydrogens is 240 g/mol. The first-order valence-electron chi connectivity index (χ1n) is 5.44. The van der Waals surface area contributed by atoms with Crippen molar-refractivity contribution in [2.75, 3.05) is 13.1 Å². The van der Waals surface area contributed by atoms with Crippen LogP contribution in [0, 0.1) is 10.1 Å². The molecule has 1 aliphatic heterocycles. The first-order chi connectivity index (χ1) is 8.49. The van der Waals surface area contributed by atoms with Crippen LogP contribution in [0.25, 0.3) is 0 Å². The number of aliphatic hydroxyl groups is 1. The van der Waals surface area contributed by atoms with Gasteiger partial charge in [-0.2, -0.15) is 0 Å². The van der Waals surface area contributed by atoms with Crippen LogP contribution in [0.3, 0.4) is 0 Å². The van der Waals surface area contributed by atoms with Gasteiger partial charge in [-0.25, -0.2) is 0 Å². The van der Waals surface area contributed by atoms with Crippen molar-refractivity contribution >= 4 is 11.6 Å². The zero-order valence-electron chi connectivity index (χ0n) is 9.44. The number of aromatic hydroxyl groups is 1. The number of rotatable bonds is 2. The molecule has 0 spiro atoms. The number of carbonyl (C=O) groups excluding carboxylic acids is 1. The van der Waals surface area contributed by atoms with Crippen LogP contribution in [0.4, 0.5) is 5.69 Å². The number of β-amino-alcohol motifs (C(OH)–C–C–N with tert-alkyl or cyclic N) is 1. The van der Waals surface area contributed by atoms with Crippen molar-refractivity contribution in [1.29, 1.82) is 0 Å². The first-order valence-corrected chi connectivity index (χ1v) is 5.44. The molecule has 0 radical (unpaired) electrons. The minimum absolute atomic E-state index is 0.158. The summed E-state index contributed by atoms with van der Waals surface area (Å²) in [5, 5.41) is 29.5. The Labute approximate surface area is 102 Å². The van der Waals surface area contributed by atoms with Crippen LogP contribution >= 0.6 is 0 Å². The molecule has 1 aliphatic rings. The number of nitro benzene ring substituents is 1. The van der Waals surface area contributed by atoms with E-state index in [9.17, 15) is 25.1 Å². The van der Waals surface area contributed by atoms with Gasteiger partial charge in [-0.3, -0.25) is 14.9 Å². The van der Waals surface area contributed by atoms with Crippen LogP contribution in [0.15, 0.2) is 18.2 Å². The summed E-state index contributed by atoms with van der Waals surface area (Å²) in [5.41, 5.74) is -0.506. The van der Waals surface area contributed by atoms with E-state index in [2.05, 4.69) is 0 Å². The second-order valence-electron chi connectivity index (χ2n) is 4.15. The molecule has 1 aromatic carbocycles. The van der Waals surface area contributed by atoms with Gasteiger partial charge in [0.05, 0.1) is 11.0 Å². The first kappa shape index (κ1) is 12.3. The monoisotopic (exact) mass is 252 g/mol. The van der Waals surface area contributed by atoms with E-state index < -0.39 is 16.9 Å². The van der Waals surface area contributed by atoms with Crippen molar-refractivity contribution in [2.45, 2.75) is 12.5 Å². The number of benzene rings is 1. The molecule has 2 rings (SSSR count). The number of likely N-dealkylation sites (tertiary alicyclic amines) is 1. The fraction of sp³-hybridized carbons (Fsp3) is 0.364. The third kappa shape index (κ3) is 2.25. The predicted octanol–water partition coefficient (Wildman–Crippen LogP) is 0.507. The summed E-state index contributed by atoms with van der Waals surface area (Å²) in [6.07, 6.45) is -0.136. The molecule has 2 N–H and O–H groups in total. The fourth-order valence-corrected chi connectivity index (χ4v) is 1.95. The topological polar surface area (TPSA) is 104 Å². The largest absolute Gasteiger partial charge is 0.508 e. The van der Waals surface area contributed by atoms with Crippen molar-refractivity contribution in [3.63, 3.8) is 0 Å². The summed E-state index contributed by atoms with van der Waals surface area (Å²) in [4.78, 5) is 23.6. The van der Waals surface area contributed by atoms with E-state index in [1.165, 1.54) is 4.90 Å². The van der Waals surface area contributed by atoms with Gasteiger partial charge in [0, 0.05) is 19.2 Å². The van der Waals surface area contributed by atoms with E-state index in [4.69, 9.17) is 0 Å². The van der Waals surface area contributed by atoms with E-state index in [1.54, 1.807) is 0 Å². The number of phenolic OH excluding ortho intramolecular Hbond substituents is 1. The molecule has 1 unspecified atom stereocenters. The Balaban J connectivity index is 2.34. The lowest BCUT2D eigenvalue weighted by Crippen LogP contribution is -2.30. The number of hydrogen-bond acceptors (Lipinski definition) is 5. The smallest absolute Gasteiger partial charge is 0.282 e. The summed E-state index contributed by atoms with van der Waals surface area (Å²) in [6.45, 7) is 0.512. The predicted molar refractivity (Wildman–Crippen MR) is 61.3 cm³/mol. The molecular formula is C11H12N2O5. The van der Waals surface area contributed by atoms with Gasteiger partial charge in [-0.1, -0.05) is 0 Å². The number of phenols is 1. The minimum atomic E-state index is -0.667. The molecule has 0 aromatic heterocycles. The quantitative estimate of drug-likeness (QED) is 0.589. The SMILES string of the molecule is O=C(c1cc(O)ccc1[N+](=O)[O-])N1CCC(O)C1. The summed E-state index contributed by atoms with van der Waals surface area (Å²) >= 11 is 0. The molecule has 1 fully saturated rings. The Kier molecular flexibility index (Phi) is 3.15. The normalized spacial score (nSPS) is 18.9. The summed E-state index contributed by atoms with van der Waals surface area (Å²) in [6, 6.07) is 3.33. The maximum atomic E-state index is 12.1. The van der Waals surface area contributed by atoms with Gasteiger partial charge < -0.3 is 15.1 Å². The van der Waals surface area contributed by atoms with Gasteiger partial charge in [0.25, 0.3) is 11.6 Å². The molecule has 0 bridgehead atoms.